The molecule has 1 fully saturated rings. The van der Waals surface area contributed by atoms with E-state index >= 15 is 0 Å². The molecule has 1 aliphatic carbocycles. The maximum absolute atomic E-state index is 6.19. The minimum Gasteiger partial charge on any atom is -0.312 e. The Labute approximate surface area is 140 Å². The topological polar surface area (TPSA) is 12.0 Å². The summed E-state index contributed by atoms with van der Waals surface area (Å²) in [5, 5.41) is 4.37. The number of thiophene rings is 1. The molecule has 20 heavy (non-hydrogen) atoms. The Morgan fingerprint density at radius 3 is 2.60 bits per heavy atom. The molecule has 1 N–H and O–H groups in total. The number of unbranched alkanes of at least 4 members (excludes halogenated alkanes) is 1. The van der Waals surface area contributed by atoms with Gasteiger partial charge in [0.1, 0.15) is 0 Å². The summed E-state index contributed by atoms with van der Waals surface area (Å²) in [6.07, 6.45) is 9.69. The van der Waals surface area contributed by atoms with Crippen LogP contribution >= 0.6 is 38.9 Å². The lowest BCUT2D eigenvalue weighted by Crippen LogP contribution is -2.28. The first-order valence-electron chi connectivity index (χ1n) is 7.77. The molecule has 1 aliphatic rings. The normalized spacial score (nSPS) is 24.8. The van der Waals surface area contributed by atoms with E-state index in [0.717, 1.165) is 20.6 Å². The Balaban J connectivity index is 1.93. The Hall–Kier alpha value is 0.430. The predicted molar refractivity (Wildman–Crippen MR) is 93.8 cm³/mol. The number of rotatable bonds is 6. The molecule has 1 unspecified atom stereocenters. The summed E-state index contributed by atoms with van der Waals surface area (Å²) >= 11 is 11.5. The summed E-state index contributed by atoms with van der Waals surface area (Å²) in [6.45, 7) is 2.29. The molecule has 1 nitrogen and oxygen atoms in total. The molecule has 0 spiro atoms. The van der Waals surface area contributed by atoms with Gasteiger partial charge in [-0.1, -0.05) is 50.6 Å². The van der Waals surface area contributed by atoms with Gasteiger partial charge in [-0.15, -0.1) is 11.3 Å². The first kappa shape index (κ1) is 16.8. The highest BCUT2D eigenvalue weighted by molar-refractivity contribution is 9.11. The van der Waals surface area contributed by atoms with Crippen LogP contribution in [-0.4, -0.2) is 7.05 Å². The fraction of sp³-hybridized carbons (Fsp3) is 0.750. The molecule has 4 heteroatoms. The molecule has 1 heterocycles. The van der Waals surface area contributed by atoms with Crippen molar-refractivity contribution in [1.29, 1.82) is 0 Å². The lowest BCUT2D eigenvalue weighted by atomic mass is 9.76. The van der Waals surface area contributed by atoms with Crippen LogP contribution in [0.25, 0.3) is 0 Å². The average molecular weight is 379 g/mol. The number of hydrogen-bond donors (Lipinski definition) is 1. The summed E-state index contributed by atoms with van der Waals surface area (Å²) in [5.41, 5.74) is 0. The van der Waals surface area contributed by atoms with E-state index in [0.29, 0.717) is 6.04 Å². The molecule has 0 aromatic carbocycles. The predicted octanol–water partition coefficient (Wildman–Crippen LogP) is 6.42. The van der Waals surface area contributed by atoms with Crippen LogP contribution < -0.4 is 5.32 Å². The largest absolute Gasteiger partial charge is 0.312 e. The Kier molecular flexibility index (Phi) is 6.86. The Morgan fingerprint density at radius 2 is 2.10 bits per heavy atom. The van der Waals surface area contributed by atoms with E-state index < -0.39 is 0 Å². The molecular formula is C16H25BrClNS. The van der Waals surface area contributed by atoms with Crippen LogP contribution in [0.5, 0.6) is 0 Å². The van der Waals surface area contributed by atoms with Crippen molar-refractivity contribution in [2.45, 2.75) is 57.9 Å². The summed E-state index contributed by atoms with van der Waals surface area (Å²) in [6, 6.07) is 2.59. The third-order valence-electron chi connectivity index (χ3n) is 4.61. The van der Waals surface area contributed by atoms with E-state index in [1.807, 2.05) is 0 Å². The van der Waals surface area contributed by atoms with Crippen molar-refractivity contribution in [2.75, 3.05) is 7.05 Å². The molecule has 1 aromatic rings. The molecule has 0 bridgehead atoms. The van der Waals surface area contributed by atoms with Gasteiger partial charge in [-0.05, 0) is 53.7 Å². The SMILES string of the molecule is CCCCC1CCC(C(NC)c2cc(Cl)c(Br)s2)CC1. The van der Waals surface area contributed by atoms with Crippen molar-refractivity contribution in [2.24, 2.45) is 11.8 Å². The van der Waals surface area contributed by atoms with E-state index in [-0.39, 0.29) is 0 Å². The van der Waals surface area contributed by atoms with E-state index in [2.05, 4.69) is 41.3 Å². The fourth-order valence-corrected chi connectivity index (χ4v) is 5.38. The first-order chi connectivity index (χ1) is 9.65. The molecule has 1 aromatic heterocycles. The van der Waals surface area contributed by atoms with Crippen LogP contribution in [0.3, 0.4) is 0 Å². The van der Waals surface area contributed by atoms with Gasteiger partial charge in [0.05, 0.1) is 8.81 Å². The molecule has 0 saturated heterocycles. The van der Waals surface area contributed by atoms with Crippen LogP contribution in [0.2, 0.25) is 5.02 Å². The molecule has 114 valence electrons. The van der Waals surface area contributed by atoms with Crippen LogP contribution in [0.15, 0.2) is 9.85 Å². The summed E-state index contributed by atoms with van der Waals surface area (Å²) in [4.78, 5) is 1.38. The van der Waals surface area contributed by atoms with Crippen LogP contribution in [0.4, 0.5) is 0 Å². The maximum Gasteiger partial charge on any atom is 0.0887 e. The van der Waals surface area contributed by atoms with Crippen molar-refractivity contribution in [1.82, 2.24) is 5.32 Å². The van der Waals surface area contributed by atoms with Crippen LogP contribution in [0.1, 0.15) is 62.8 Å². The third-order valence-corrected chi connectivity index (χ3v) is 7.17. The van der Waals surface area contributed by atoms with Crippen molar-refractivity contribution in [3.05, 3.63) is 19.8 Å². The third kappa shape index (κ3) is 4.22. The number of halogens is 2. The Morgan fingerprint density at radius 1 is 1.40 bits per heavy atom. The van der Waals surface area contributed by atoms with E-state index in [1.54, 1.807) is 11.3 Å². The summed E-state index contributed by atoms with van der Waals surface area (Å²) in [5.74, 6) is 1.74. The van der Waals surface area contributed by atoms with Gasteiger partial charge in [0.15, 0.2) is 0 Å². The van der Waals surface area contributed by atoms with E-state index in [4.69, 9.17) is 11.6 Å². The molecular weight excluding hydrogens is 354 g/mol. The lowest BCUT2D eigenvalue weighted by Gasteiger charge is -2.33. The van der Waals surface area contributed by atoms with Crippen molar-refractivity contribution < 1.29 is 0 Å². The van der Waals surface area contributed by atoms with Gasteiger partial charge in [-0.2, -0.15) is 0 Å². The molecule has 2 rings (SSSR count). The van der Waals surface area contributed by atoms with Gasteiger partial charge in [0, 0.05) is 10.9 Å². The summed E-state index contributed by atoms with van der Waals surface area (Å²) < 4.78 is 1.06. The van der Waals surface area contributed by atoms with Crippen molar-refractivity contribution in [3.63, 3.8) is 0 Å². The van der Waals surface area contributed by atoms with Gasteiger partial charge in [0.25, 0.3) is 0 Å². The van der Waals surface area contributed by atoms with Crippen LogP contribution in [0, 0.1) is 11.8 Å². The number of hydrogen-bond acceptors (Lipinski definition) is 2. The molecule has 0 amide bonds. The Bertz CT molecular complexity index is 393. The minimum absolute atomic E-state index is 0.468. The van der Waals surface area contributed by atoms with Crippen LogP contribution in [-0.2, 0) is 0 Å². The highest BCUT2D eigenvalue weighted by Crippen LogP contribution is 2.42. The molecule has 0 aliphatic heterocycles. The lowest BCUT2D eigenvalue weighted by molar-refractivity contribution is 0.219. The molecule has 1 saturated carbocycles. The standard InChI is InChI=1S/C16H25BrClNS/c1-3-4-5-11-6-8-12(9-7-11)15(19-2)14-10-13(18)16(17)20-14/h10-12,15,19H,3-9H2,1-2H3. The zero-order valence-corrected chi connectivity index (χ0v) is 15.6. The fourth-order valence-electron chi connectivity index (χ4n) is 3.43. The van der Waals surface area contributed by atoms with Crippen molar-refractivity contribution in [3.8, 4) is 0 Å². The highest BCUT2D eigenvalue weighted by atomic mass is 79.9. The second-order valence-electron chi connectivity index (χ2n) is 5.96. The zero-order chi connectivity index (χ0) is 14.5. The zero-order valence-electron chi connectivity index (χ0n) is 12.4. The second kappa shape index (κ2) is 8.17. The van der Waals surface area contributed by atoms with E-state index in [9.17, 15) is 0 Å². The quantitative estimate of drug-likeness (QED) is 0.602. The minimum atomic E-state index is 0.468. The van der Waals surface area contributed by atoms with Gasteiger partial charge in [-0.25, -0.2) is 0 Å². The monoisotopic (exact) mass is 377 g/mol. The highest BCUT2D eigenvalue weighted by Gasteiger charge is 2.28. The number of nitrogens with one attached hydrogen (secondary N) is 1. The maximum atomic E-state index is 6.19. The van der Waals surface area contributed by atoms with Gasteiger partial charge in [-0.3, -0.25) is 0 Å². The molecule has 0 radical (unpaired) electrons. The average Bonchev–Trinajstić information content (AvgIpc) is 2.78. The van der Waals surface area contributed by atoms with Gasteiger partial charge in [0.2, 0.25) is 0 Å². The second-order valence-corrected chi connectivity index (χ2v) is 8.77. The summed E-state index contributed by atoms with van der Waals surface area (Å²) in [7, 11) is 2.08. The van der Waals surface area contributed by atoms with Gasteiger partial charge < -0.3 is 5.32 Å². The first-order valence-corrected chi connectivity index (χ1v) is 9.76. The van der Waals surface area contributed by atoms with E-state index in [1.165, 1.54) is 49.8 Å². The molecule has 1 atom stereocenters. The van der Waals surface area contributed by atoms with Crippen molar-refractivity contribution >= 4 is 38.9 Å². The smallest absolute Gasteiger partial charge is 0.0887 e. The van der Waals surface area contributed by atoms with Gasteiger partial charge >= 0.3 is 0 Å².